The Bertz CT molecular complexity index is 58.9. The Labute approximate surface area is 60.2 Å². The number of hydrogen-bond donors (Lipinski definition) is 2. The molecule has 0 aromatic heterocycles. The summed E-state index contributed by atoms with van der Waals surface area (Å²) >= 11 is 4.19. The summed E-state index contributed by atoms with van der Waals surface area (Å²) in [6.07, 6.45) is 0. The number of aliphatic hydroxyl groups is 1. The highest BCUT2D eigenvalue weighted by Crippen LogP contribution is 1.42. The van der Waals surface area contributed by atoms with Crippen LogP contribution in [0.4, 0.5) is 0 Å². The zero-order valence-corrected chi connectivity index (χ0v) is 6.40. The molecule has 0 aromatic rings. The topological polar surface area (TPSA) is 41.7 Å². The first-order valence-electron chi connectivity index (χ1n) is 2.56. The molecule has 3 nitrogen and oxygen atoms in total. The highest BCUT2D eigenvalue weighted by atomic mass is 35.5. The van der Waals surface area contributed by atoms with Crippen LogP contribution in [0.15, 0.2) is 0 Å². The molecular formula is C5H12ClNO2. The highest BCUT2D eigenvalue weighted by Gasteiger charge is 1.84. The van der Waals surface area contributed by atoms with E-state index in [1.54, 1.807) is 0 Å². The van der Waals surface area contributed by atoms with Crippen LogP contribution in [0.5, 0.6) is 0 Å². The van der Waals surface area contributed by atoms with Crippen LogP contribution < -0.4 is 4.90 Å². The van der Waals surface area contributed by atoms with Gasteiger partial charge in [-0.3, -0.25) is 0 Å². The summed E-state index contributed by atoms with van der Waals surface area (Å²) in [5, 5.41) is 8.22. The quantitative estimate of drug-likeness (QED) is 0.371. The maximum absolute atomic E-state index is 8.45. The third kappa shape index (κ3) is 32.8. The van der Waals surface area contributed by atoms with Crippen molar-refractivity contribution in [3.63, 3.8) is 0 Å². The van der Waals surface area contributed by atoms with Crippen molar-refractivity contribution in [1.29, 1.82) is 0 Å². The molecule has 0 amide bonds. The number of carbonyl (C=O) groups excluding carboxylic acids is 1. The Morgan fingerprint density at radius 1 is 1.67 bits per heavy atom. The lowest BCUT2D eigenvalue weighted by Crippen LogP contribution is -3.06. The van der Waals surface area contributed by atoms with Crippen LogP contribution in [0.1, 0.15) is 0 Å². The summed E-state index contributed by atoms with van der Waals surface area (Å²) in [6.45, 7) is 1.14. The van der Waals surface area contributed by atoms with E-state index in [0.717, 1.165) is 12.3 Å². The SMILES string of the molecule is C[NH+](C)CCO.O=[C-]Cl. The van der Waals surface area contributed by atoms with Crippen molar-refractivity contribution < 1.29 is 14.8 Å². The molecule has 0 rings (SSSR count). The first-order valence-corrected chi connectivity index (χ1v) is 2.94. The lowest BCUT2D eigenvalue weighted by Gasteiger charge is -2.00. The highest BCUT2D eigenvalue weighted by molar-refractivity contribution is 6.54. The molecule has 4 heteroatoms. The number of quaternary nitrogens is 1. The van der Waals surface area contributed by atoms with Gasteiger partial charge in [-0.05, 0) is 0 Å². The molecule has 56 valence electrons. The molecule has 0 atom stereocenters. The normalized spacial score (nSPS) is 8.11. The second-order valence-electron chi connectivity index (χ2n) is 1.76. The molecule has 0 heterocycles. The van der Waals surface area contributed by atoms with Crippen molar-refractivity contribution in [3.05, 3.63) is 0 Å². The zero-order valence-electron chi connectivity index (χ0n) is 5.65. The predicted octanol–water partition coefficient (Wildman–Crippen LogP) is -1.58. The maximum Gasteiger partial charge on any atom is 0.100 e. The standard InChI is InChI=1S/C4H11NO.CClO/c1-5(2)3-4-6;2-1-3/h6H,3-4H2,1-2H3;/q;-1/p+1. The minimum atomic E-state index is 0.294. The van der Waals surface area contributed by atoms with Crippen LogP contribution in [-0.4, -0.2) is 38.1 Å². The molecule has 0 aromatic carbocycles. The van der Waals surface area contributed by atoms with E-state index in [4.69, 9.17) is 9.90 Å². The number of rotatable bonds is 2. The second kappa shape index (κ2) is 10.8. The largest absolute Gasteiger partial charge is 0.525 e. The number of aliphatic hydroxyl groups excluding tert-OH is 1. The van der Waals surface area contributed by atoms with E-state index >= 15 is 0 Å². The van der Waals surface area contributed by atoms with Crippen LogP contribution >= 0.6 is 11.6 Å². The summed E-state index contributed by atoms with van der Waals surface area (Å²) in [6, 6.07) is 0. The van der Waals surface area contributed by atoms with Crippen molar-refractivity contribution in [3.8, 4) is 0 Å². The van der Waals surface area contributed by atoms with E-state index in [9.17, 15) is 0 Å². The van der Waals surface area contributed by atoms with Crippen LogP contribution in [0, 0.1) is 0 Å². The predicted molar refractivity (Wildman–Crippen MR) is 36.3 cm³/mol. The van der Waals surface area contributed by atoms with Crippen molar-refractivity contribution >= 4 is 17.3 Å². The van der Waals surface area contributed by atoms with Crippen molar-refractivity contribution in [2.45, 2.75) is 0 Å². The molecule has 0 unspecified atom stereocenters. The molecule has 0 radical (unpaired) electrons. The maximum atomic E-state index is 8.45. The fourth-order valence-corrected chi connectivity index (χ4v) is 0.224. The molecule has 0 aliphatic heterocycles. The summed E-state index contributed by atoms with van der Waals surface area (Å²) in [4.78, 5) is 9.74. The molecule has 0 fully saturated rings. The molecule has 0 saturated heterocycles. The van der Waals surface area contributed by atoms with Gasteiger partial charge in [-0.1, -0.05) is 0 Å². The minimum Gasteiger partial charge on any atom is -0.525 e. The Balaban J connectivity index is 0. The van der Waals surface area contributed by atoms with Crippen LogP contribution in [-0.2, 0) is 4.79 Å². The fourth-order valence-electron chi connectivity index (χ4n) is 0.224. The van der Waals surface area contributed by atoms with Crippen LogP contribution in [0.2, 0.25) is 0 Å². The third-order valence-electron chi connectivity index (χ3n) is 0.612. The monoisotopic (exact) mass is 153 g/mol. The molecule has 0 spiro atoms. The van der Waals surface area contributed by atoms with Gasteiger partial charge < -0.3 is 26.4 Å². The van der Waals surface area contributed by atoms with Crippen LogP contribution in [0.25, 0.3) is 0 Å². The smallest absolute Gasteiger partial charge is 0.100 e. The molecule has 2 N–H and O–H groups in total. The van der Waals surface area contributed by atoms with Gasteiger partial charge in [-0.25, -0.2) is 0 Å². The molecular weight excluding hydrogens is 142 g/mol. The van der Waals surface area contributed by atoms with Crippen molar-refractivity contribution in [2.75, 3.05) is 27.2 Å². The Morgan fingerprint density at radius 3 is 2.00 bits per heavy atom. The lowest BCUT2D eigenvalue weighted by molar-refractivity contribution is -0.858. The third-order valence-corrected chi connectivity index (χ3v) is 0.612. The van der Waals surface area contributed by atoms with E-state index in [-0.39, 0.29) is 0 Å². The van der Waals surface area contributed by atoms with Gasteiger partial charge in [-0.15, -0.1) is 0 Å². The zero-order chi connectivity index (χ0) is 7.70. The van der Waals surface area contributed by atoms with E-state index in [2.05, 4.69) is 11.6 Å². The Kier molecular flexibility index (Phi) is 14.0. The summed E-state index contributed by atoms with van der Waals surface area (Å²) in [5.41, 5.74) is 0. The van der Waals surface area contributed by atoms with Gasteiger partial charge in [0.2, 0.25) is 0 Å². The van der Waals surface area contributed by atoms with E-state index in [0.29, 0.717) is 6.61 Å². The van der Waals surface area contributed by atoms with E-state index < -0.39 is 0 Å². The lowest BCUT2D eigenvalue weighted by atomic mass is 10.6. The molecule has 0 saturated carbocycles. The first-order chi connectivity index (χ1) is 4.18. The van der Waals surface area contributed by atoms with Crippen molar-refractivity contribution in [2.24, 2.45) is 0 Å². The van der Waals surface area contributed by atoms with Gasteiger partial charge in [0, 0.05) is 0 Å². The summed E-state index contributed by atoms with van der Waals surface area (Å²) in [5.74, 6) is 0.972. The summed E-state index contributed by atoms with van der Waals surface area (Å²) in [7, 11) is 4.02. The fraction of sp³-hybridized carbons (Fsp3) is 0.800. The summed E-state index contributed by atoms with van der Waals surface area (Å²) < 4.78 is 0. The average molecular weight is 154 g/mol. The molecule has 9 heavy (non-hydrogen) atoms. The second-order valence-corrected chi connectivity index (χ2v) is 1.91. The molecule has 0 aliphatic carbocycles. The number of nitrogens with one attached hydrogen (secondary N) is 1. The van der Waals surface area contributed by atoms with Gasteiger partial charge in [-0.2, -0.15) is 5.75 Å². The van der Waals surface area contributed by atoms with Gasteiger partial charge in [0.25, 0.3) is 0 Å². The van der Waals surface area contributed by atoms with Gasteiger partial charge >= 0.3 is 0 Å². The van der Waals surface area contributed by atoms with Gasteiger partial charge in [0.15, 0.2) is 0 Å². The van der Waals surface area contributed by atoms with Crippen LogP contribution in [0.3, 0.4) is 0 Å². The van der Waals surface area contributed by atoms with Crippen molar-refractivity contribution in [1.82, 2.24) is 0 Å². The first kappa shape index (κ1) is 11.6. The number of likely N-dealkylation sites (N-methyl/N-ethyl adjacent to an activating group) is 1. The Hall–Kier alpha value is -0.120. The van der Waals surface area contributed by atoms with Gasteiger partial charge in [0.1, 0.15) is 6.54 Å². The molecule has 0 aliphatic rings. The number of halogens is 1. The van der Waals surface area contributed by atoms with E-state index in [1.807, 2.05) is 14.1 Å². The average Bonchev–Trinajstić information content (AvgIpc) is 1.67. The minimum absolute atomic E-state index is 0.294. The van der Waals surface area contributed by atoms with E-state index in [1.165, 1.54) is 4.90 Å². The Morgan fingerprint density at radius 2 is 2.00 bits per heavy atom. The molecule has 0 bridgehead atoms. The van der Waals surface area contributed by atoms with Gasteiger partial charge in [0.05, 0.1) is 20.7 Å². The number of hydrogen-bond acceptors (Lipinski definition) is 2.